The number of hydrogen-bond donors (Lipinski definition) is 0. The van der Waals surface area contributed by atoms with E-state index in [2.05, 4.69) is 18.1 Å². The molecule has 0 aromatic carbocycles. The second kappa shape index (κ2) is 3.30. The Bertz CT molecular complexity index is 248. The summed E-state index contributed by atoms with van der Waals surface area (Å²) < 4.78 is 5.25. The molecule has 2 heteroatoms. The summed E-state index contributed by atoms with van der Waals surface area (Å²) in [6, 6.07) is 2.06. The molecule has 0 saturated heterocycles. The maximum atomic E-state index is 5.25. The topological polar surface area (TPSA) is 26.0 Å². The summed E-state index contributed by atoms with van der Waals surface area (Å²) in [6.45, 7) is 3.77. The minimum Gasteiger partial charge on any atom is -0.361 e. The van der Waals surface area contributed by atoms with Gasteiger partial charge in [0.2, 0.25) is 0 Å². The quantitative estimate of drug-likeness (QED) is 0.671. The fourth-order valence-electron chi connectivity index (χ4n) is 1.85. The van der Waals surface area contributed by atoms with E-state index in [4.69, 9.17) is 4.52 Å². The maximum Gasteiger partial charge on any atom is 0.140 e. The summed E-state index contributed by atoms with van der Waals surface area (Å²) in [4.78, 5) is 0. The van der Waals surface area contributed by atoms with Crippen molar-refractivity contribution in [3.63, 3.8) is 0 Å². The van der Waals surface area contributed by atoms with Crippen molar-refractivity contribution in [2.75, 3.05) is 0 Å². The second-order valence-corrected chi connectivity index (χ2v) is 3.45. The normalized spacial score (nSPS) is 18.8. The molecule has 2 rings (SSSR count). The summed E-state index contributed by atoms with van der Waals surface area (Å²) in [5.74, 6) is 1.71. The van der Waals surface area contributed by atoms with Gasteiger partial charge in [0.05, 0.1) is 5.69 Å². The van der Waals surface area contributed by atoms with Gasteiger partial charge >= 0.3 is 0 Å². The molecule has 0 aliphatic heterocycles. The van der Waals surface area contributed by atoms with E-state index >= 15 is 0 Å². The number of nitrogens with zero attached hydrogens (tertiary/aromatic N) is 1. The van der Waals surface area contributed by atoms with E-state index in [0.717, 1.165) is 17.9 Å². The van der Waals surface area contributed by atoms with Crippen molar-refractivity contribution in [2.24, 2.45) is 0 Å². The lowest BCUT2D eigenvalue weighted by Crippen LogP contribution is -1.87. The highest BCUT2D eigenvalue weighted by Crippen LogP contribution is 2.34. The molecule has 12 heavy (non-hydrogen) atoms. The van der Waals surface area contributed by atoms with Gasteiger partial charge < -0.3 is 4.52 Å². The lowest BCUT2D eigenvalue weighted by molar-refractivity contribution is 0.357. The Balaban J connectivity index is 2.11. The van der Waals surface area contributed by atoms with Gasteiger partial charge in [-0.05, 0) is 26.2 Å². The van der Waals surface area contributed by atoms with Crippen molar-refractivity contribution in [1.29, 1.82) is 0 Å². The lowest BCUT2D eigenvalue weighted by Gasteiger charge is -2.00. The van der Waals surface area contributed by atoms with Crippen LogP contribution < -0.4 is 0 Å². The molecule has 1 aliphatic rings. The molecule has 1 aliphatic carbocycles. The molecule has 0 spiro atoms. The van der Waals surface area contributed by atoms with Crippen LogP contribution in [0.3, 0.4) is 0 Å². The maximum absolute atomic E-state index is 5.25. The molecule has 1 aromatic heterocycles. The summed E-state index contributed by atoms with van der Waals surface area (Å²) in [6.07, 6.45) is 5.95. The fraction of sp³-hybridized carbons (Fsp3) is 0.600. The first-order chi connectivity index (χ1) is 5.90. The van der Waals surface area contributed by atoms with E-state index in [1.807, 2.05) is 0 Å². The van der Waals surface area contributed by atoms with Crippen LogP contribution in [0.25, 0.3) is 0 Å². The molecule has 0 amide bonds. The Morgan fingerprint density at radius 2 is 2.25 bits per heavy atom. The first-order valence-electron chi connectivity index (χ1n) is 4.65. The molecule has 1 fully saturated rings. The SMILES string of the molecule is [CH2]Cc1cc(C2CCCC2)on1. The van der Waals surface area contributed by atoms with Gasteiger partial charge in [-0.3, -0.25) is 0 Å². The van der Waals surface area contributed by atoms with Crippen LogP contribution in [0.5, 0.6) is 0 Å². The van der Waals surface area contributed by atoms with Crippen LogP contribution in [-0.2, 0) is 6.42 Å². The molecular formula is C10H14NO. The van der Waals surface area contributed by atoms with Gasteiger partial charge in [0.25, 0.3) is 0 Å². The standard InChI is InChI=1S/C10H14NO/c1-2-9-7-10(12-11-9)8-5-3-4-6-8/h7-8H,1-6H2. The first-order valence-corrected chi connectivity index (χ1v) is 4.65. The van der Waals surface area contributed by atoms with Gasteiger partial charge in [-0.15, -0.1) is 0 Å². The third kappa shape index (κ3) is 1.38. The Morgan fingerprint density at radius 3 is 2.83 bits per heavy atom. The van der Waals surface area contributed by atoms with Crippen LogP contribution in [0.15, 0.2) is 10.6 Å². The molecule has 0 bridgehead atoms. The molecule has 1 aromatic rings. The number of hydrogen-bond acceptors (Lipinski definition) is 2. The van der Waals surface area contributed by atoms with Crippen LogP contribution in [0.2, 0.25) is 0 Å². The first kappa shape index (κ1) is 7.84. The van der Waals surface area contributed by atoms with Crippen molar-refractivity contribution < 1.29 is 4.52 Å². The molecule has 0 N–H and O–H groups in total. The Labute approximate surface area is 72.9 Å². The van der Waals surface area contributed by atoms with Crippen molar-refractivity contribution in [3.8, 4) is 0 Å². The van der Waals surface area contributed by atoms with Crippen molar-refractivity contribution in [1.82, 2.24) is 5.16 Å². The van der Waals surface area contributed by atoms with Gasteiger partial charge in [-0.1, -0.05) is 18.0 Å². The fourth-order valence-corrected chi connectivity index (χ4v) is 1.85. The average Bonchev–Trinajstić information content (AvgIpc) is 2.75. The minimum atomic E-state index is 0.637. The van der Waals surface area contributed by atoms with E-state index in [1.165, 1.54) is 25.7 Å². The smallest absolute Gasteiger partial charge is 0.140 e. The molecule has 65 valence electrons. The van der Waals surface area contributed by atoms with E-state index in [9.17, 15) is 0 Å². The monoisotopic (exact) mass is 164 g/mol. The third-order valence-electron chi connectivity index (χ3n) is 2.59. The molecular weight excluding hydrogens is 150 g/mol. The minimum absolute atomic E-state index is 0.637. The zero-order valence-corrected chi connectivity index (χ0v) is 7.25. The Kier molecular flexibility index (Phi) is 2.15. The Hall–Kier alpha value is -0.790. The second-order valence-electron chi connectivity index (χ2n) is 3.45. The van der Waals surface area contributed by atoms with E-state index < -0.39 is 0 Å². The highest BCUT2D eigenvalue weighted by Gasteiger charge is 2.20. The van der Waals surface area contributed by atoms with Gasteiger partial charge in [0.15, 0.2) is 0 Å². The van der Waals surface area contributed by atoms with Gasteiger partial charge in [-0.25, -0.2) is 0 Å². The summed E-state index contributed by atoms with van der Waals surface area (Å²) in [7, 11) is 0. The summed E-state index contributed by atoms with van der Waals surface area (Å²) in [5.41, 5.74) is 0.983. The zero-order chi connectivity index (χ0) is 8.39. The summed E-state index contributed by atoms with van der Waals surface area (Å²) >= 11 is 0. The van der Waals surface area contributed by atoms with Crippen LogP contribution in [0.1, 0.15) is 43.1 Å². The van der Waals surface area contributed by atoms with Gasteiger partial charge in [-0.2, -0.15) is 0 Å². The van der Waals surface area contributed by atoms with Crippen LogP contribution in [0, 0.1) is 6.92 Å². The molecule has 1 saturated carbocycles. The van der Waals surface area contributed by atoms with Crippen molar-refractivity contribution in [2.45, 2.75) is 38.0 Å². The summed E-state index contributed by atoms with van der Waals surface area (Å²) in [5, 5.41) is 3.94. The number of aromatic nitrogens is 1. The van der Waals surface area contributed by atoms with Crippen molar-refractivity contribution >= 4 is 0 Å². The predicted molar refractivity (Wildman–Crippen MR) is 46.8 cm³/mol. The third-order valence-corrected chi connectivity index (χ3v) is 2.59. The van der Waals surface area contributed by atoms with Crippen LogP contribution in [0.4, 0.5) is 0 Å². The highest BCUT2D eigenvalue weighted by molar-refractivity contribution is 5.11. The van der Waals surface area contributed by atoms with Gasteiger partial charge in [0, 0.05) is 12.0 Å². The van der Waals surface area contributed by atoms with Crippen LogP contribution >= 0.6 is 0 Å². The molecule has 1 heterocycles. The largest absolute Gasteiger partial charge is 0.361 e. The lowest BCUT2D eigenvalue weighted by atomic mass is 10.1. The van der Waals surface area contributed by atoms with Gasteiger partial charge in [0.1, 0.15) is 5.76 Å². The van der Waals surface area contributed by atoms with E-state index in [-0.39, 0.29) is 0 Å². The van der Waals surface area contributed by atoms with E-state index in [1.54, 1.807) is 0 Å². The predicted octanol–water partition coefficient (Wildman–Crippen LogP) is 2.71. The Morgan fingerprint density at radius 1 is 1.50 bits per heavy atom. The average molecular weight is 164 g/mol. The number of rotatable bonds is 2. The van der Waals surface area contributed by atoms with Crippen molar-refractivity contribution in [3.05, 3.63) is 24.4 Å². The van der Waals surface area contributed by atoms with E-state index in [0.29, 0.717) is 5.92 Å². The highest BCUT2D eigenvalue weighted by atomic mass is 16.5. The molecule has 0 atom stereocenters. The molecule has 0 unspecified atom stereocenters. The molecule has 1 radical (unpaired) electrons. The zero-order valence-electron chi connectivity index (χ0n) is 7.25. The molecule has 2 nitrogen and oxygen atoms in total. The van der Waals surface area contributed by atoms with Crippen LogP contribution in [-0.4, -0.2) is 5.16 Å².